The summed E-state index contributed by atoms with van der Waals surface area (Å²) >= 11 is 5.18. The van der Waals surface area contributed by atoms with Crippen molar-refractivity contribution in [3.05, 3.63) is 93.2 Å². The van der Waals surface area contributed by atoms with E-state index in [0.29, 0.717) is 12.2 Å². The molecule has 2 aromatic heterocycles. The van der Waals surface area contributed by atoms with Gasteiger partial charge in [-0.05, 0) is 52.2 Å². The molecule has 6 heteroatoms. The van der Waals surface area contributed by atoms with Crippen molar-refractivity contribution in [3.8, 4) is 0 Å². The molecule has 0 aliphatic rings. The van der Waals surface area contributed by atoms with Crippen molar-refractivity contribution in [2.45, 2.75) is 19.5 Å². The van der Waals surface area contributed by atoms with Crippen LogP contribution in [-0.4, -0.2) is 10.5 Å². The number of fused-ring (bicyclic) bond motifs is 1. The number of thiophene rings is 1. The summed E-state index contributed by atoms with van der Waals surface area (Å²) in [6.45, 7) is 2.46. The third kappa shape index (κ3) is 3.75. The number of carbonyl (C=O) groups excluding carboxylic acids is 1. The number of benzene rings is 2. The van der Waals surface area contributed by atoms with Crippen molar-refractivity contribution in [1.82, 2.24) is 9.88 Å². The van der Waals surface area contributed by atoms with E-state index in [1.165, 1.54) is 12.1 Å². The molecule has 0 saturated carbocycles. The van der Waals surface area contributed by atoms with Crippen molar-refractivity contribution < 1.29 is 9.18 Å². The molecule has 3 nitrogen and oxygen atoms in total. The van der Waals surface area contributed by atoms with Gasteiger partial charge in [-0.2, -0.15) is 0 Å². The second kappa shape index (κ2) is 7.89. The lowest BCUT2D eigenvalue weighted by molar-refractivity contribution is 0.0931. The first-order valence-electron chi connectivity index (χ1n) is 8.89. The second-order valence-corrected chi connectivity index (χ2v) is 8.41. The van der Waals surface area contributed by atoms with E-state index in [2.05, 4.69) is 21.2 Å². The van der Waals surface area contributed by atoms with Crippen LogP contribution in [0.25, 0.3) is 10.2 Å². The zero-order valence-electron chi connectivity index (χ0n) is 15.2. The molecule has 0 unspecified atom stereocenters. The van der Waals surface area contributed by atoms with Crippen LogP contribution in [0.2, 0.25) is 0 Å². The van der Waals surface area contributed by atoms with E-state index in [-0.39, 0.29) is 17.8 Å². The zero-order valence-corrected chi connectivity index (χ0v) is 17.6. The molecule has 0 saturated heterocycles. The average molecular weight is 457 g/mol. The van der Waals surface area contributed by atoms with Crippen LogP contribution in [0, 0.1) is 5.82 Å². The lowest BCUT2D eigenvalue weighted by Crippen LogP contribution is -2.28. The number of nitrogens with one attached hydrogen (secondary N) is 1. The molecule has 28 heavy (non-hydrogen) atoms. The van der Waals surface area contributed by atoms with Crippen LogP contribution >= 0.6 is 27.3 Å². The predicted octanol–water partition coefficient (Wildman–Crippen LogP) is 6.14. The van der Waals surface area contributed by atoms with Gasteiger partial charge in [0.25, 0.3) is 5.91 Å². The van der Waals surface area contributed by atoms with Crippen molar-refractivity contribution in [2.24, 2.45) is 0 Å². The lowest BCUT2D eigenvalue weighted by Gasteiger charge is -2.16. The smallest absolute Gasteiger partial charge is 0.268 e. The van der Waals surface area contributed by atoms with E-state index in [1.807, 2.05) is 53.3 Å². The lowest BCUT2D eigenvalue weighted by atomic mass is 10.1. The Morgan fingerprint density at radius 1 is 1.18 bits per heavy atom. The maximum Gasteiger partial charge on any atom is 0.268 e. The molecule has 1 N–H and O–H groups in total. The first-order chi connectivity index (χ1) is 13.5. The Balaban J connectivity index is 1.68. The highest BCUT2D eigenvalue weighted by Crippen LogP contribution is 2.34. The molecule has 4 aromatic rings. The van der Waals surface area contributed by atoms with Crippen molar-refractivity contribution in [1.29, 1.82) is 0 Å². The van der Waals surface area contributed by atoms with Crippen LogP contribution in [0.4, 0.5) is 4.39 Å². The zero-order chi connectivity index (χ0) is 19.7. The largest absolute Gasteiger partial charge is 0.344 e. The minimum atomic E-state index is -0.271. The van der Waals surface area contributed by atoms with Gasteiger partial charge in [0.05, 0.1) is 20.7 Å². The molecular weight excluding hydrogens is 439 g/mol. The quantitative estimate of drug-likeness (QED) is 0.384. The third-order valence-corrected chi connectivity index (χ3v) is 6.54. The number of nitrogens with zero attached hydrogens (tertiary/aromatic N) is 1. The predicted molar refractivity (Wildman–Crippen MR) is 115 cm³/mol. The number of hydrogen-bond acceptors (Lipinski definition) is 2. The molecule has 2 aromatic carbocycles. The molecule has 1 amide bonds. The molecule has 1 atom stereocenters. The number of carbonyl (C=O) groups is 1. The Labute approximate surface area is 174 Å². The molecule has 142 valence electrons. The van der Waals surface area contributed by atoms with Gasteiger partial charge in [-0.25, -0.2) is 4.39 Å². The number of amides is 1. The molecule has 0 aliphatic heterocycles. The maximum absolute atomic E-state index is 13.3. The number of aromatic nitrogens is 1. The number of rotatable bonds is 5. The fraction of sp³-hybridized carbons (Fsp3) is 0.136. The highest BCUT2D eigenvalue weighted by atomic mass is 79.9. The maximum atomic E-state index is 13.3. The van der Waals surface area contributed by atoms with E-state index in [9.17, 15) is 9.18 Å². The van der Waals surface area contributed by atoms with Crippen LogP contribution in [0.5, 0.6) is 0 Å². The van der Waals surface area contributed by atoms with Gasteiger partial charge in [-0.1, -0.05) is 42.5 Å². The summed E-state index contributed by atoms with van der Waals surface area (Å²) in [5, 5.41) is 5.10. The summed E-state index contributed by atoms with van der Waals surface area (Å²) in [5.41, 5.74) is 3.55. The van der Waals surface area contributed by atoms with E-state index < -0.39 is 0 Å². The monoisotopic (exact) mass is 456 g/mol. The van der Waals surface area contributed by atoms with Crippen LogP contribution in [0.3, 0.4) is 0 Å². The van der Waals surface area contributed by atoms with Crippen LogP contribution < -0.4 is 5.32 Å². The average Bonchev–Trinajstić information content (AvgIpc) is 3.24. The van der Waals surface area contributed by atoms with Crippen LogP contribution in [0.15, 0.2) is 70.5 Å². The van der Waals surface area contributed by atoms with Gasteiger partial charge < -0.3 is 9.88 Å². The number of hydrogen-bond donors (Lipinski definition) is 1. The molecular formula is C22H18BrFN2OS. The molecule has 0 bridgehead atoms. The van der Waals surface area contributed by atoms with Gasteiger partial charge in [0.2, 0.25) is 0 Å². The topological polar surface area (TPSA) is 34.0 Å². The normalized spacial score (nSPS) is 12.2. The standard InChI is InChI=1S/C22H18BrFN2OS/c1-14(16-5-3-2-4-6-16)25-22(27)19-11-20-21(18(23)13-28-20)26(19)12-15-7-9-17(24)10-8-15/h2-11,13-14H,12H2,1H3,(H,25,27)/t14-/m1/s1. The summed E-state index contributed by atoms with van der Waals surface area (Å²) in [5.74, 6) is -0.401. The molecule has 2 heterocycles. The molecule has 0 fully saturated rings. The second-order valence-electron chi connectivity index (χ2n) is 6.64. The Morgan fingerprint density at radius 3 is 2.61 bits per heavy atom. The van der Waals surface area contributed by atoms with E-state index in [4.69, 9.17) is 0 Å². The van der Waals surface area contributed by atoms with Crippen molar-refractivity contribution in [3.63, 3.8) is 0 Å². The summed E-state index contributed by atoms with van der Waals surface area (Å²) in [4.78, 5) is 13.1. The third-order valence-electron chi connectivity index (χ3n) is 4.71. The molecule has 0 radical (unpaired) electrons. The molecule has 4 rings (SSSR count). The van der Waals surface area contributed by atoms with Crippen molar-refractivity contribution >= 4 is 43.4 Å². The Kier molecular flexibility index (Phi) is 5.33. The Morgan fingerprint density at radius 2 is 1.89 bits per heavy atom. The summed E-state index contributed by atoms with van der Waals surface area (Å²) in [7, 11) is 0. The molecule has 0 aliphatic carbocycles. The fourth-order valence-corrected chi connectivity index (χ4v) is 4.94. The minimum absolute atomic E-state index is 0.107. The van der Waals surface area contributed by atoms with Gasteiger partial charge >= 0.3 is 0 Å². The van der Waals surface area contributed by atoms with Crippen LogP contribution in [-0.2, 0) is 6.54 Å². The van der Waals surface area contributed by atoms with Gasteiger partial charge in [0.15, 0.2) is 0 Å². The summed E-state index contributed by atoms with van der Waals surface area (Å²) < 4.78 is 17.2. The van der Waals surface area contributed by atoms with Crippen LogP contribution in [0.1, 0.15) is 34.6 Å². The highest BCUT2D eigenvalue weighted by Gasteiger charge is 2.20. The molecule has 0 spiro atoms. The van der Waals surface area contributed by atoms with Gasteiger partial charge in [-0.3, -0.25) is 4.79 Å². The summed E-state index contributed by atoms with van der Waals surface area (Å²) in [6, 6.07) is 18.1. The Hall–Kier alpha value is -2.44. The van der Waals surface area contributed by atoms with Gasteiger partial charge in [0, 0.05) is 11.9 Å². The van der Waals surface area contributed by atoms with Gasteiger partial charge in [-0.15, -0.1) is 11.3 Å². The Bertz CT molecular complexity index is 1120. The van der Waals surface area contributed by atoms with E-state index >= 15 is 0 Å². The van der Waals surface area contributed by atoms with E-state index in [0.717, 1.165) is 25.8 Å². The van der Waals surface area contributed by atoms with Gasteiger partial charge in [0.1, 0.15) is 11.5 Å². The fourth-order valence-electron chi connectivity index (χ4n) is 3.25. The number of halogens is 2. The SMILES string of the molecule is C[C@@H](NC(=O)c1cc2scc(Br)c2n1Cc1ccc(F)cc1)c1ccccc1. The first-order valence-corrected chi connectivity index (χ1v) is 10.6. The van der Waals surface area contributed by atoms with Crippen molar-refractivity contribution in [2.75, 3.05) is 0 Å². The highest BCUT2D eigenvalue weighted by molar-refractivity contribution is 9.10. The first kappa shape index (κ1) is 18.9. The minimum Gasteiger partial charge on any atom is -0.344 e. The van der Waals surface area contributed by atoms with E-state index in [1.54, 1.807) is 23.5 Å². The summed E-state index contributed by atoms with van der Waals surface area (Å²) in [6.07, 6.45) is 0.